The summed E-state index contributed by atoms with van der Waals surface area (Å²) < 4.78 is 5.42. The smallest absolute Gasteiger partial charge is 0.307 e. The van der Waals surface area contributed by atoms with Gasteiger partial charge in [-0.05, 0) is 18.2 Å². The first-order chi connectivity index (χ1) is 8.06. The number of aryl methyl sites for hydroxylation is 1. The molecule has 2 rings (SSSR count). The van der Waals surface area contributed by atoms with Crippen LogP contribution in [0.3, 0.4) is 0 Å². The number of hydrogen-bond donors (Lipinski definition) is 1. The number of carboxylic acid groups (broad SMARTS) is 1. The van der Waals surface area contributed by atoms with Gasteiger partial charge in [0.1, 0.15) is 5.52 Å². The van der Waals surface area contributed by atoms with Crippen LogP contribution in [0.5, 0.6) is 0 Å². The van der Waals surface area contributed by atoms with E-state index in [1.165, 1.54) is 11.8 Å². The zero-order valence-corrected chi connectivity index (χ0v) is 10.5. The molecule has 1 unspecified atom stereocenters. The SMILES string of the molecule is Cc1nc2ccc(SCC(C)C(=O)O)cc2o1. The molecule has 5 heteroatoms. The summed E-state index contributed by atoms with van der Waals surface area (Å²) in [7, 11) is 0. The molecule has 1 N–H and O–H groups in total. The average molecular weight is 251 g/mol. The Morgan fingerprint density at radius 3 is 3.06 bits per heavy atom. The third kappa shape index (κ3) is 2.79. The van der Waals surface area contributed by atoms with Gasteiger partial charge >= 0.3 is 5.97 Å². The number of aliphatic carboxylic acids is 1. The fourth-order valence-corrected chi connectivity index (χ4v) is 2.34. The highest BCUT2D eigenvalue weighted by atomic mass is 32.2. The molecule has 0 aliphatic rings. The number of nitrogens with zero attached hydrogens (tertiary/aromatic N) is 1. The Morgan fingerprint density at radius 1 is 1.59 bits per heavy atom. The zero-order chi connectivity index (χ0) is 12.4. The first kappa shape index (κ1) is 12.0. The maximum atomic E-state index is 10.7. The number of carboxylic acids is 1. The number of oxazole rings is 1. The van der Waals surface area contributed by atoms with Gasteiger partial charge in [0.15, 0.2) is 11.5 Å². The maximum absolute atomic E-state index is 10.7. The van der Waals surface area contributed by atoms with Crippen molar-refractivity contribution < 1.29 is 14.3 Å². The van der Waals surface area contributed by atoms with E-state index in [1.807, 2.05) is 18.2 Å². The Labute approximate surface area is 103 Å². The molecule has 0 aliphatic heterocycles. The summed E-state index contributed by atoms with van der Waals surface area (Å²) in [4.78, 5) is 15.9. The normalized spacial score (nSPS) is 12.8. The van der Waals surface area contributed by atoms with E-state index >= 15 is 0 Å². The molecule has 0 fully saturated rings. The highest BCUT2D eigenvalue weighted by molar-refractivity contribution is 7.99. The summed E-state index contributed by atoms with van der Waals surface area (Å²) in [5.41, 5.74) is 1.58. The van der Waals surface area contributed by atoms with E-state index in [2.05, 4.69) is 4.98 Å². The van der Waals surface area contributed by atoms with Crippen molar-refractivity contribution in [2.45, 2.75) is 18.7 Å². The van der Waals surface area contributed by atoms with Crippen LogP contribution in [0.4, 0.5) is 0 Å². The Bertz CT molecular complexity index is 550. The molecule has 1 atom stereocenters. The number of benzene rings is 1. The summed E-state index contributed by atoms with van der Waals surface area (Å²) in [6.07, 6.45) is 0. The van der Waals surface area contributed by atoms with Crippen LogP contribution in [0, 0.1) is 12.8 Å². The van der Waals surface area contributed by atoms with E-state index in [1.54, 1.807) is 13.8 Å². The van der Waals surface area contributed by atoms with E-state index in [-0.39, 0.29) is 5.92 Å². The van der Waals surface area contributed by atoms with Gasteiger partial charge in [0.25, 0.3) is 0 Å². The number of hydrogen-bond acceptors (Lipinski definition) is 4. The second-order valence-electron chi connectivity index (χ2n) is 3.91. The molecular weight excluding hydrogens is 238 g/mol. The van der Waals surface area contributed by atoms with Crippen molar-refractivity contribution in [3.8, 4) is 0 Å². The molecule has 0 amide bonds. The molecule has 17 heavy (non-hydrogen) atoms. The molecule has 1 aromatic heterocycles. The van der Waals surface area contributed by atoms with Crippen molar-refractivity contribution >= 4 is 28.8 Å². The lowest BCUT2D eigenvalue weighted by Crippen LogP contribution is -2.11. The van der Waals surface area contributed by atoms with Crippen molar-refractivity contribution in [1.82, 2.24) is 4.98 Å². The lowest BCUT2D eigenvalue weighted by Gasteiger charge is -2.05. The summed E-state index contributed by atoms with van der Waals surface area (Å²) in [5, 5.41) is 8.79. The monoisotopic (exact) mass is 251 g/mol. The molecule has 1 heterocycles. The van der Waals surface area contributed by atoms with Crippen LogP contribution in [0.25, 0.3) is 11.1 Å². The van der Waals surface area contributed by atoms with Gasteiger partial charge in [0.2, 0.25) is 0 Å². The number of aromatic nitrogens is 1. The van der Waals surface area contributed by atoms with Gasteiger partial charge in [0, 0.05) is 17.6 Å². The van der Waals surface area contributed by atoms with Gasteiger partial charge < -0.3 is 9.52 Å². The van der Waals surface area contributed by atoms with Gasteiger partial charge in [-0.3, -0.25) is 4.79 Å². The van der Waals surface area contributed by atoms with Crippen molar-refractivity contribution in [1.29, 1.82) is 0 Å². The predicted octanol–water partition coefficient (Wildman–Crippen LogP) is 2.95. The molecule has 0 bridgehead atoms. The van der Waals surface area contributed by atoms with Crippen LogP contribution in [0.15, 0.2) is 27.5 Å². The molecule has 0 aliphatic carbocycles. The fourth-order valence-electron chi connectivity index (χ4n) is 1.40. The van der Waals surface area contributed by atoms with E-state index in [9.17, 15) is 4.79 Å². The highest BCUT2D eigenvalue weighted by Crippen LogP contribution is 2.25. The Morgan fingerprint density at radius 2 is 2.35 bits per heavy atom. The average Bonchev–Trinajstić information content (AvgIpc) is 2.64. The van der Waals surface area contributed by atoms with Crippen molar-refractivity contribution in [2.24, 2.45) is 5.92 Å². The van der Waals surface area contributed by atoms with Crippen LogP contribution in [-0.2, 0) is 4.79 Å². The summed E-state index contributed by atoms with van der Waals surface area (Å²) >= 11 is 1.51. The minimum atomic E-state index is -0.769. The number of fused-ring (bicyclic) bond motifs is 1. The van der Waals surface area contributed by atoms with Gasteiger partial charge in [-0.1, -0.05) is 6.92 Å². The molecular formula is C12H13NO3S. The Hall–Kier alpha value is -1.49. The minimum absolute atomic E-state index is 0.354. The van der Waals surface area contributed by atoms with Gasteiger partial charge in [-0.15, -0.1) is 11.8 Å². The molecule has 90 valence electrons. The summed E-state index contributed by atoms with van der Waals surface area (Å²) in [6, 6.07) is 5.72. The van der Waals surface area contributed by atoms with E-state index in [0.717, 1.165) is 16.0 Å². The maximum Gasteiger partial charge on any atom is 0.307 e. The van der Waals surface area contributed by atoms with Crippen LogP contribution in [0.2, 0.25) is 0 Å². The highest BCUT2D eigenvalue weighted by Gasteiger charge is 2.11. The second kappa shape index (κ2) is 4.79. The molecule has 1 aromatic carbocycles. The largest absolute Gasteiger partial charge is 0.481 e. The Balaban J connectivity index is 2.11. The molecule has 0 radical (unpaired) electrons. The van der Waals surface area contributed by atoms with Crippen molar-refractivity contribution in [3.63, 3.8) is 0 Å². The molecule has 0 saturated carbocycles. The summed E-state index contributed by atoms with van der Waals surface area (Å²) in [6.45, 7) is 3.51. The van der Waals surface area contributed by atoms with Crippen LogP contribution < -0.4 is 0 Å². The van der Waals surface area contributed by atoms with Crippen LogP contribution >= 0.6 is 11.8 Å². The molecule has 0 saturated heterocycles. The van der Waals surface area contributed by atoms with Crippen molar-refractivity contribution in [2.75, 3.05) is 5.75 Å². The third-order valence-electron chi connectivity index (χ3n) is 2.39. The summed E-state index contributed by atoms with van der Waals surface area (Å²) in [5.74, 6) is 0.0656. The van der Waals surface area contributed by atoms with Crippen LogP contribution in [0.1, 0.15) is 12.8 Å². The number of thioether (sulfide) groups is 1. The first-order valence-corrected chi connectivity index (χ1v) is 6.27. The van der Waals surface area contributed by atoms with E-state index in [0.29, 0.717) is 11.6 Å². The molecule has 2 aromatic rings. The topological polar surface area (TPSA) is 63.3 Å². The predicted molar refractivity (Wildman–Crippen MR) is 66.3 cm³/mol. The van der Waals surface area contributed by atoms with Gasteiger partial charge in [-0.25, -0.2) is 4.98 Å². The zero-order valence-electron chi connectivity index (χ0n) is 9.64. The lowest BCUT2D eigenvalue weighted by atomic mass is 10.2. The molecule has 4 nitrogen and oxygen atoms in total. The quantitative estimate of drug-likeness (QED) is 0.846. The van der Waals surface area contributed by atoms with E-state index in [4.69, 9.17) is 9.52 Å². The number of rotatable bonds is 4. The number of carbonyl (C=O) groups is 1. The fraction of sp³-hybridized carbons (Fsp3) is 0.333. The standard InChI is InChI=1S/C12H13NO3S/c1-7(12(14)15)6-17-9-3-4-10-11(5-9)16-8(2)13-10/h3-5,7H,6H2,1-2H3,(H,14,15). The van der Waals surface area contributed by atoms with Gasteiger partial charge in [0.05, 0.1) is 5.92 Å². The second-order valence-corrected chi connectivity index (χ2v) is 5.01. The minimum Gasteiger partial charge on any atom is -0.481 e. The van der Waals surface area contributed by atoms with Crippen molar-refractivity contribution in [3.05, 3.63) is 24.1 Å². The van der Waals surface area contributed by atoms with E-state index < -0.39 is 5.97 Å². The van der Waals surface area contributed by atoms with Gasteiger partial charge in [-0.2, -0.15) is 0 Å². The Kier molecular flexibility index (Phi) is 3.38. The third-order valence-corrected chi connectivity index (χ3v) is 3.64. The lowest BCUT2D eigenvalue weighted by molar-refractivity contribution is -0.140. The first-order valence-electron chi connectivity index (χ1n) is 5.29. The van der Waals surface area contributed by atoms with Crippen LogP contribution in [-0.4, -0.2) is 21.8 Å². The molecule has 0 spiro atoms.